The number of halogens is 2. The quantitative estimate of drug-likeness (QED) is 0.848. The van der Waals surface area contributed by atoms with Crippen LogP contribution in [0.1, 0.15) is 25.8 Å². The van der Waals surface area contributed by atoms with E-state index in [0.717, 1.165) is 12.1 Å². The van der Waals surface area contributed by atoms with E-state index in [2.05, 4.69) is 22.5 Å². The van der Waals surface area contributed by atoms with Crippen molar-refractivity contribution in [3.8, 4) is 5.75 Å². The third kappa shape index (κ3) is 1.95. The van der Waals surface area contributed by atoms with Gasteiger partial charge in [-0.1, -0.05) is 6.58 Å². The molecule has 1 atom stereocenters. The fourth-order valence-corrected chi connectivity index (χ4v) is 2.86. The highest BCUT2D eigenvalue weighted by Crippen LogP contribution is 2.43. The zero-order valence-electron chi connectivity index (χ0n) is 9.93. The molecule has 92 valence electrons. The molecule has 0 aliphatic carbocycles. The van der Waals surface area contributed by atoms with Gasteiger partial charge in [0.05, 0.1) is 10.2 Å². The van der Waals surface area contributed by atoms with Crippen LogP contribution < -0.4 is 4.90 Å². The van der Waals surface area contributed by atoms with E-state index in [1.54, 1.807) is 0 Å². The number of phenolic OH excluding ortho intramolecular Hbond substituents is 1. The molecule has 1 aromatic carbocycles. The molecule has 1 aliphatic rings. The predicted molar refractivity (Wildman–Crippen MR) is 70.8 cm³/mol. The Hall–Kier alpha value is -1.03. The van der Waals surface area contributed by atoms with Crippen molar-refractivity contribution in [1.29, 1.82) is 0 Å². The number of fused-ring (bicyclic) bond motifs is 1. The molecule has 0 saturated heterocycles. The van der Waals surface area contributed by atoms with Crippen LogP contribution >= 0.6 is 15.9 Å². The molecule has 0 amide bonds. The van der Waals surface area contributed by atoms with Crippen LogP contribution in [0.3, 0.4) is 0 Å². The third-order valence-corrected chi connectivity index (χ3v) is 3.79. The average Bonchev–Trinajstić information content (AvgIpc) is 2.25. The van der Waals surface area contributed by atoms with Crippen molar-refractivity contribution in [2.75, 3.05) is 4.90 Å². The molecule has 1 unspecified atom stereocenters. The standard InChI is InChI=1S/C13H15BrFNO/c1-7(2)16-8(3)4-5-9-12(16)11(15)6-10(14)13(9)17/h6,8,17H,1,4-5H2,2-3H3. The van der Waals surface area contributed by atoms with Gasteiger partial charge in [0, 0.05) is 17.3 Å². The van der Waals surface area contributed by atoms with Gasteiger partial charge >= 0.3 is 0 Å². The predicted octanol–water partition coefficient (Wildman–Crippen LogP) is 3.97. The molecule has 4 heteroatoms. The number of aromatic hydroxyl groups is 1. The number of phenols is 1. The Kier molecular flexibility index (Phi) is 3.17. The fraction of sp³-hybridized carbons (Fsp3) is 0.385. The SMILES string of the molecule is C=C(C)N1c2c(F)cc(Br)c(O)c2CCC1C. The van der Waals surface area contributed by atoms with Gasteiger partial charge in [0.1, 0.15) is 11.6 Å². The zero-order chi connectivity index (χ0) is 12.7. The highest BCUT2D eigenvalue weighted by molar-refractivity contribution is 9.10. The van der Waals surface area contributed by atoms with E-state index in [4.69, 9.17) is 0 Å². The molecule has 1 aliphatic heterocycles. The first-order valence-corrected chi connectivity index (χ1v) is 6.37. The van der Waals surface area contributed by atoms with Gasteiger partial charge in [-0.2, -0.15) is 0 Å². The molecular formula is C13H15BrFNO. The normalized spacial score (nSPS) is 19.1. The zero-order valence-corrected chi connectivity index (χ0v) is 11.5. The lowest BCUT2D eigenvalue weighted by atomic mass is 9.95. The van der Waals surface area contributed by atoms with E-state index in [1.165, 1.54) is 6.07 Å². The number of allylic oxidation sites excluding steroid dienone is 1. The Labute approximate surface area is 109 Å². The first-order valence-electron chi connectivity index (χ1n) is 5.58. The number of hydrogen-bond acceptors (Lipinski definition) is 2. The largest absolute Gasteiger partial charge is 0.506 e. The van der Waals surface area contributed by atoms with Crippen molar-refractivity contribution in [2.24, 2.45) is 0 Å². The molecule has 2 rings (SSSR count). The summed E-state index contributed by atoms with van der Waals surface area (Å²) in [6, 6.07) is 1.51. The Morgan fingerprint density at radius 3 is 2.88 bits per heavy atom. The highest BCUT2D eigenvalue weighted by atomic mass is 79.9. The van der Waals surface area contributed by atoms with Crippen molar-refractivity contribution < 1.29 is 9.50 Å². The van der Waals surface area contributed by atoms with Crippen LogP contribution in [0.2, 0.25) is 0 Å². The van der Waals surface area contributed by atoms with E-state index in [1.807, 2.05) is 18.7 Å². The Bertz CT molecular complexity index is 487. The number of rotatable bonds is 1. The van der Waals surface area contributed by atoms with Gasteiger partial charge in [-0.25, -0.2) is 4.39 Å². The molecule has 2 nitrogen and oxygen atoms in total. The maximum absolute atomic E-state index is 14.1. The summed E-state index contributed by atoms with van der Waals surface area (Å²) < 4.78 is 14.5. The summed E-state index contributed by atoms with van der Waals surface area (Å²) in [5.74, 6) is -0.182. The van der Waals surface area contributed by atoms with Crippen LogP contribution in [0.5, 0.6) is 5.75 Å². The lowest BCUT2D eigenvalue weighted by Gasteiger charge is -2.37. The van der Waals surface area contributed by atoms with E-state index < -0.39 is 0 Å². The van der Waals surface area contributed by atoms with Crippen LogP contribution in [-0.4, -0.2) is 11.1 Å². The minimum atomic E-state index is -0.320. The lowest BCUT2D eigenvalue weighted by Crippen LogP contribution is -2.36. The van der Waals surface area contributed by atoms with Crippen LogP contribution in [0, 0.1) is 5.82 Å². The number of benzene rings is 1. The Balaban J connectivity index is 2.67. The van der Waals surface area contributed by atoms with Gasteiger partial charge < -0.3 is 10.0 Å². The molecule has 0 bridgehead atoms. The molecule has 1 aromatic rings. The summed E-state index contributed by atoms with van der Waals surface area (Å²) in [5.41, 5.74) is 1.92. The van der Waals surface area contributed by atoms with E-state index in [0.29, 0.717) is 22.1 Å². The van der Waals surface area contributed by atoms with Crippen molar-refractivity contribution >= 4 is 21.6 Å². The summed E-state index contributed by atoms with van der Waals surface area (Å²) in [6.07, 6.45) is 1.56. The minimum Gasteiger partial charge on any atom is -0.506 e. The van der Waals surface area contributed by atoms with Gasteiger partial charge in [0.2, 0.25) is 0 Å². The lowest BCUT2D eigenvalue weighted by molar-refractivity contribution is 0.452. The van der Waals surface area contributed by atoms with Gasteiger partial charge in [-0.15, -0.1) is 0 Å². The van der Waals surface area contributed by atoms with Crippen molar-refractivity contribution in [3.05, 3.63) is 34.2 Å². The Morgan fingerprint density at radius 2 is 2.29 bits per heavy atom. The van der Waals surface area contributed by atoms with Crippen molar-refractivity contribution in [3.63, 3.8) is 0 Å². The maximum atomic E-state index is 14.1. The second-order valence-corrected chi connectivity index (χ2v) is 5.36. The number of hydrogen-bond donors (Lipinski definition) is 1. The van der Waals surface area contributed by atoms with E-state index in [-0.39, 0.29) is 17.6 Å². The number of anilines is 1. The molecule has 0 spiro atoms. The molecular weight excluding hydrogens is 285 g/mol. The molecule has 1 heterocycles. The molecule has 1 N–H and O–H groups in total. The molecule has 0 fully saturated rings. The number of nitrogens with zero attached hydrogens (tertiary/aromatic N) is 1. The van der Waals surface area contributed by atoms with Gasteiger partial charge in [0.25, 0.3) is 0 Å². The Morgan fingerprint density at radius 1 is 1.65 bits per heavy atom. The van der Waals surface area contributed by atoms with Crippen LogP contribution in [0.15, 0.2) is 22.8 Å². The summed E-state index contributed by atoms with van der Waals surface area (Å²) in [6.45, 7) is 7.78. The van der Waals surface area contributed by atoms with E-state index >= 15 is 0 Å². The average molecular weight is 300 g/mol. The smallest absolute Gasteiger partial charge is 0.148 e. The first-order chi connectivity index (χ1) is 7.93. The second-order valence-electron chi connectivity index (χ2n) is 4.51. The van der Waals surface area contributed by atoms with Crippen LogP contribution in [0.25, 0.3) is 0 Å². The van der Waals surface area contributed by atoms with Gasteiger partial charge in [0.15, 0.2) is 0 Å². The third-order valence-electron chi connectivity index (χ3n) is 3.18. The minimum absolute atomic E-state index is 0.138. The van der Waals surface area contributed by atoms with E-state index in [9.17, 15) is 9.50 Å². The highest BCUT2D eigenvalue weighted by Gasteiger charge is 2.29. The summed E-state index contributed by atoms with van der Waals surface area (Å²) in [4.78, 5) is 1.86. The molecule has 0 aromatic heterocycles. The maximum Gasteiger partial charge on any atom is 0.148 e. The summed E-state index contributed by atoms with van der Waals surface area (Å²) >= 11 is 3.17. The van der Waals surface area contributed by atoms with Crippen molar-refractivity contribution in [1.82, 2.24) is 0 Å². The van der Waals surface area contributed by atoms with Gasteiger partial charge in [-0.3, -0.25) is 0 Å². The van der Waals surface area contributed by atoms with Crippen molar-refractivity contribution in [2.45, 2.75) is 32.7 Å². The van der Waals surface area contributed by atoms with Gasteiger partial charge in [-0.05, 0) is 48.7 Å². The molecule has 17 heavy (non-hydrogen) atoms. The molecule has 0 radical (unpaired) electrons. The summed E-state index contributed by atoms with van der Waals surface area (Å²) in [5, 5.41) is 9.98. The fourth-order valence-electron chi connectivity index (χ4n) is 2.42. The first kappa shape index (κ1) is 12.4. The van der Waals surface area contributed by atoms with Crippen LogP contribution in [-0.2, 0) is 6.42 Å². The molecule has 0 saturated carbocycles. The second kappa shape index (κ2) is 4.33. The topological polar surface area (TPSA) is 23.5 Å². The monoisotopic (exact) mass is 299 g/mol. The van der Waals surface area contributed by atoms with Crippen LogP contribution in [0.4, 0.5) is 10.1 Å². The summed E-state index contributed by atoms with van der Waals surface area (Å²) in [7, 11) is 0.